The summed E-state index contributed by atoms with van der Waals surface area (Å²) in [5.74, 6) is 1.34. The van der Waals surface area contributed by atoms with Crippen LogP contribution in [0, 0.1) is 13.8 Å². The maximum absolute atomic E-state index is 12.7. The van der Waals surface area contributed by atoms with E-state index in [2.05, 4.69) is 21.6 Å². The van der Waals surface area contributed by atoms with Gasteiger partial charge in [-0.25, -0.2) is 9.97 Å². The Bertz CT molecular complexity index is 996. The second-order valence-corrected chi connectivity index (χ2v) is 8.01. The highest BCUT2D eigenvalue weighted by Crippen LogP contribution is 2.28. The third-order valence-electron chi connectivity index (χ3n) is 5.82. The van der Waals surface area contributed by atoms with Crippen LogP contribution in [0.4, 0.5) is 0 Å². The van der Waals surface area contributed by atoms with Gasteiger partial charge >= 0.3 is 0 Å². The fourth-order valence-corrected chi connectivity index (χ4v) is 4.39. The van der Waals surface area contributed by atoms with E-state index in [1.54, 1.807) is 0 Å². The zero-order chi connectivity index (χ0) is 20.4. The molecule has 29 heavy (non-hydrogen) atoms. The van der Waals surface area contributed by atoms with Crippen LogP contribution in [0.25, 0.3) is 11.2 Å². The molecule has 0 spiro atoms. The molecule has 3 aromatic heterocycles. The van der Waals surface area contributed by atoms with Gasteiger partial charge in [0.15, 0.2) is 5.65 Å². The number of piperidine rings is 1. The maximum Gasteiger partial charge on any atom is 0.224 e. The minimum absolute atomic E-state index is 0.221. The smallest absolute Gasteiger partial charge is 0.224 e. The first-order valence-electron chi connectivity index (χ1n) is 10.7. The van der Waals surface area contributed by atoms with E-state index in [0.717, 1.165) is 67.1 Å². The molecule has 1 aliphatic rings. The van der Waals surface area contributed by atoms with E-state index in [0.29, 0.717) is 19.0 Å². The van der Waals surface area contributed by atoms with Crippen LogP contribution >= 0.6 is 0 Å². The van der Waals surface area contributed by atoms with Crippen molar-refractivity contribution >= 4 is 17.1 Å². The molecule has 0 unspecified atom stereocenters. The van der Waals surface area contributed by atoms with Crippen molar-refractivity contribution in [1.82, 2.24) is 29.2 Å². The molecule has 0 N–H and O–H groups in total. The Morgan fingerprint density at radius 2 is 2.03 bits per heavy atom. The van der Waals surface area contributed by atoms with Crippen LogP contribution in [-0.2, 0) is 17.8 Å². The summed E-state index contributed by atoms with van der Waals surface area (Å²) >= 11 is 0. The number of aromatic nitrogens is 5. The summed E-state index contributed by atoms with van der Waals surface area (Å²) < 4.78 is 4.26. The predicted octanol–water partition coefficient (Wildman–Crippen LogP) is 3.45. The lowest BCUT2D eigenvalue weighted by Crippen LogP contribution is -2.39. The van der Waals surface area contributed by atoms with Crippen molar-refractivity contribution in [3.8, 4) is 0 Å². The number of likely N-dealkylation sites (tertiary alicyclic amines) is 1. The van der Waals surface area contributed by atoms with Gasteiger partial charge in [0, 0.05) is 50.4 Å². The molecule has 7 nitrogen and oxygen atoms in total. The highest BCUT2D eigenvalue weighted by Gasteiger charge is 2.27. The lowest BCUT2D eigenvalue weighted by molar-refractivity contribution is -0.132. The molecule has 0 bridgehead atoms. The summed E-state index contributed by atoms with van der Waals surface area (Å²) in [6.45, 7) is 8.43. The Morgan fingerprint density at radius 1 is 1.24 bits per heavy atom. The number of aryl methyl sites for hydroxylation is 4. The minimum Gasteiger partial charge on any atom is -0.342 e. The number of carbonyl (C=O) groups excluding carboxylic acids is 1. The van der Waals surface area contributed by atoms with Crippen LogP contribution in [0.5, 0.6) is 0 Å². The van der Waals surface area contributed by atoms with Crippen molar-refractivity contribution in [3.05, 3.63) is 41.6 Å². The van der Waals surface area contributed by atoms with Gasteiger partial charge in [-0.05, 0) is 51.3 Å². The average Bonchev–Trinajstić information content (AvgIpc) is 3.25. The standard InChI is InChI=1S/C22H30N6O/c1-4-6-20-24-19-7-5-11-23-22(19)28(20)18-8-12-26(13-9-18)21(29)10-14-27-17(3)15-16(2)25-27/h5,7,11,15,18H,4,6,8-10,12-14H2,1-3H3. The molecule has 0 atom stereocenters. The van der Waals surface area contributed by atoms with Gasteiger partial charge in [-0.15, -0.1) is 0 Å². The van der Waals surface area contributed by atoms with Gasteiger partial charge in [-0.2, -0.15) is 5.10 Å². The molecular weight excluding hydrogens is 364 g/mol. The van der Waals surface area contributed by atoms with Gasteiger partial charge in [0.1, 0.15) is 11.3 Å². The summed E-state index contributed by atoms with van der Waals surface area (Å²) in [6.07, 6.45) is 6.26. The molecule has 1 saturated heterocycles. The summed E-state index contributed by atoms with van der Waals surface area (Å²) in [5.41, 5.74) is 4.06. The second kappa shape index (κ2) is 8.35. The number of imidazole rings is 1. The Balaban J connectivity index is 1.40. The highest BCUT2D eigenvalue weighted by atomic mass is 16.2. The molecule has 4 heterocycles. The highest BCUT2D eigenvalue weighted by molar-refractivity contribution is 5.76. The van der Waals surface area contributed by atoms with Gasteiger partial charge in [-0.1, -0.05) is 6.92 Å². The number of amides is 1. The molecule has 4 rings (SSSR count). The van der Waals surface area contributed by atoms with Crippen molar-refractivity contribution in [2.75, 3.05) is 13.1 Å². The molecule has 1 aliphatic heterocycles. The molecule has 3 aromatic rings. The molecular formula is C22H30N6O. The van der Waals surface area contributed by atoms with Crippen molar-refractivity contribution in [1.29, 1.82) is 0 Å². The quantitative estimate of drug-likeness (QED) is 0.642. The Morgan fingerprint density at radius 3 is 2.72 bits per heavy atom. The van der Waals surface area contributed by atoms with E-state index in [1.165, 1.54) is 0 Å². The lowest BCUT2D eigenvalue weighted by atomic mass is 10.0. The van der Waals surface area contributed by atoms with Gasteiger partial charge in [0.05, 0.1) is 5.69 Å². The van der Waals surface area contributed by atoms with Crippen molar-refractivity contribution in [2.45, 2.75) is 65.5 Å². The van der Waals surface area contributed by atoms with E-state index in [1.807, 2.05) is 47.8 Å². The Labute approximate surface area is 171 Å². The topological polar surface area (TPSA) is 68.8 Å². The zero-order valence-electron chi connectivity index (χ0n) is 17.6. The van der Waals surface area contributed by atoms with Gasteiger partial charge < -0.3 is 9.47 Å². The first-order chi connectivity index (χ1) is 14.1. The zero-order valence-corrected chi connectivity index (χ0v) is 17.6. The first kappa shape index (κ1) is 19.6. The number of hydrogen-bond donors (Lipinski definition) is 0. The normalized spacial score (nSPS) is 15.3. The molecule has 0 aromatic carbocycles. The van der Waals surface area contributed by atoms with E-state index in [9.17, 15) is 4.79 Å². The summed E-state index contributed by atoms with van der Waals surface area (Å²) in [5, 5.41) is 4.46. The number of rotatable bonds is 6. The number of fused-ring (bicyclic) bond motifs is 1. The Kier molecular flexibility index (Phi) is 5.65. The third kappa shape index (κ3) is 4.04. The largest absolute Gasteiger partial charge is 0.342 e. The second-order valence-electron chi connectivity index (χ2n) is 8.01. The summed E-state index contributed by atoms with van der Waals surface area (Å²) in [6, 6.07) is 6.39. The van der Waals surface area contributed by atoms with Crippen molar-refractivity contribution in [2.24, 2.45) is 0 Å². The third-order valence-corrected chi connectivity index (χ3v) is 5.82. The lowest BCUT2D eigenvalue weighted by Gasteiger charge is -2.33. The Hall–Kier alpha value is -2.70. The monoisotopic (exact) mass is 394 g/mol. The predicted molar refractivity (Wildman–Crippen MR) is 113 cm³/mol. The van der Waals surface area contributed by atoms with E-state index in [-0.39, 0.29) is 5.91 Å². The van der Waals surface area contributed by atoms with Crippen molar-refractivity contribution < 1.29 is 4.79 Å². The molecule has 0 saturated carbocycles. The van der Waals surface area contributed by atoms with E-state index >= 15 is 0 Å². The fraction of sp³-hybridized carbons (Fsp3) is 0.545. The van der Waals surface area contributed by atoms with Crippen LogP contribution in [0.3, 0.4) is 0 Å². The van der Waals surface area contributed by atoms with Crippen molar-refractivity contribution in [3.63, 3.8) is 0 Å². The molecule has 7 heteroatoms. The SMILES string of the molecule is CCCc1nc2cccnc2n1C1CCN(C(=O)CCn2nc(C)cc2C)CC1. The van der Waals surface area contributed by atoms with E-state index < -0.39 is 0 Å². The maximum atomic E-state index is 12.7. The van der Waals surface area contributed by atoms with Crippen LogP contribution in [0.2, 0.25) is 0 Å². The van der Waals surface area contributed by atoms with Crippen LogP contribution in [0.1, 0.15) is 55.9 Å². The van der Waals surface area contributed by atoms with Gasteiger partial charge in [-0.3, -0.25) is 9.48 Å². The number of pyridine rings is 1. The van der Waals surface area contributed by atoms with Gasteiger partial charge in [0.2, 0.25) is 5.91 Å². The summed E-state index contributed by atoms with van der Waals surface area (Å²) in [4.78, 5) is 24.1. The van der Waals surface area contributed by atoms with Gasteiger partial charge in [0.25, 0.3) is 0 Å². The molecule has 1 fully saturated rings. The van der Waals surface area contributed by atoms with Crippen LogP contribution in [0.15, 0.2) is 24.4 Å². The van der Waals surface area contributed by atoms with Crippen LogP contribution in [-0.4, -0.2) is 48.2 Å². The van der Waals surface area contributed by atoms with Crippen LogP contribution < -0.4 is 0 Å². The first-order valence-corrected chi connectivity index (χ1v) is 10.7. The number of hydrogen-bond acceptors (Lipinski definition) is 4. The molecule has 0 aliphatic carbocycles. The summed E-state index contributed by atoms with van der Waals surface area (Å²) in [7, 11) is 0. The minimum atomic E-state index is 0.221. The van der Waals surface area contributed by atoms with E-state index in [4.69, 9.17) is 4.98 Å². The molecule has 1 amide bonds. The molecule has 154 valence electrons. The number of carbonyl (C=O) groups is 1. The molecule has 0 radical (unpaired) electrons. The average molecular weight is 395 g/mol. The number of nitrogens with zero attached hydrogens (tertiary/aromatic N) is 6. The fourth-order valence-electron chi connectivity index (χ4n) is 4.39.